The Morgan fingerprint density at radius 3 is 3.06 bits per heavy atom. The molecule has 4 heteroatoms. The highest BCUT2D eigenvalue weighted by Crippen LogP contribution is 2.31. The van der Waals surface area contributed by atoms with E-state index < -0.39 is 6.04 Å². The van der Waals surface area contributed by atoms with Gasteiger partial charge in [0.25, 0.3) is 0 Å². The van der Waals surface area contributed by atoms with E-state index in [0.717, 1.165) is 17.7 Å². The van der Waals surface area contributed by atoms with Crippen LogP contribution in [0.4, 0.5) is 0 Å². The summed E-state index contributed by atoms with van der Waals surface area (Å²) in [5, 5.41) is 2.93. The maximum absolute atomic E-state index is 11.5. The van der Waals surface area contributed by atoms with Gasteiger partial charge < -0.3 is 15.8 Å². The van der Waals surface area contributed by atoms with Gasteiger partial charge in [-0.15, -0.1) is 0 Å². The van der Waals surface area contributed by atoms with E-state index in [1.54, 1.807) is 6.92 Å². The number of amides is 1. The number of nitrogens with two attached hydrogens (primary N) is 1. The molecule has 0 saturated carbocycles. The van der Waals surface area contributed by atoms with Crippen molar-refractivity contribution in [2.75, 3.05) is 6.61 Å². The van der Waals surface area contributed by atoms with Crippen molar-refractivity contribution >= 4 is 5.91 Å². The van der Waals surface area contributed by atoms with Crippen molar-refractivity contribution < 1.29 is 9.53 Å². The van der Waals surface area contributed by atoms with Gasteiger partial charge in [-0.3, -0.25) is 4.79 Å². The first-order chi connectivity index (χ1) is 7.68. The normalized spacial score (nSPS) is 20.5. The van der Waals surface area contributed by atoms with Crippen molar-refractivity contribution in [1.82, 2.24) is 5.32 Å². The van der Waals surface area contributed by atoms with Crippen molar-refractivity contribution in [3.63, 3.8) is 0 Å². The van der Waals surface area contributed by atoms with Crippen LogP contribution in [0.5, 0.6) is 5.75 Å². The van der Waals surface area contributed by atoms with Gasteiger partial charge in [0.1, 0.15) is 5.75 Å². The van der Waals surface area contributed by atoms with E-state index in [2.05, 4.69) is 5.32 Å². The highest BCUT2D eigenvalue weighted by atomic mass is 16.5. The SMILES string of the molecule is CC(N)C(=O)NC1CCOc2ccccc21. The largest absolute Gasteiger partial charge is 0.493 e. The first-order valence-electron chi connectivity index (χ1n) is 5.46. The number of fused-ring (bicyclic) bond motifs is 1. The molecule has 0 radical (unpaired) electrons. The fraction of sp³-hybridized carbons (Fsp3) is 0.417. The van der Waals surface area contributed by atoms with Crippen molar-refractivity contribution in [2.24, 2.45) is 5.73 Å². The van der Waals surface area contributed by atoms with Gasteiger partial charge in [-0.1, -0.05) is 18.2 Å². The molecule has 3 N–H and O–H groups in total. The molecule has 1 aliphatic rings. The summed E-state index contributed by atoms with van der Waals surface area (Å²) in [7, 11) is 0. The number of carbonyl (C=O) groups excluding carboxylic acids is 1. The van der Waals surface area contributed by atoms with Gasteiger partial charge in [0.05, 0.1) is 18.7 Å². The molecule has 2 unspecified atom stereocenters. The second kappa shape index (κ2) is 4.53. The summed E-state index contributed by atoms with van der Waals surface area (Å²) < 4.78 is 5.51. The van der Waals surface area contributed by atoms with Gasteiger partial charge in [0.15, 0.2) is 0 Å². The number of ether oxygens (including phenoxy) is 1. The Balaban J connectivity index is 2.16. The first-order valence-corrected chi connectivity index (χ1v) is 5.46. The van der Waals surface area contributed by atoms with Crippen molar-refractivity contribution in [2.45, 2.75) is 25.4 Å². The molecule has 1 heterocycles. The van der Waals surface area contributed by atoms with Gasteiger partial charge in [0.2, 0.25) is 5.91 Å². The average molecular weight is 220 g/mol. The number of nitrogens with one attached hydrogen (secondary N) is 1. The van der Waals surface area contributed by atoms with Crippen LogP contribution >= 0.6 is 0 Å². The first kappa shape index (κ1) is 11.0. The fourth-order valence-corrected chi connectivity index (χ4v) is 1.80. The third kappa shape index (κ3) is 2.17. The van der Waals surface area contributed by atoms with Crippen LogP contribution in [0, 0.1) is 0 Å². The Kier molecular flexibility index (Phi) is 3.10. The quantitative estimate of drug-likeness (QED) is 0.780. The lowest BCUT2D eigenvalue weighted by Crippen LogP contribution is -2.41. The lowest BCUT2D eigenvalue weighted by Gasteiger charge is -2.27. The van der Waals surface area contributed by atoms with Crippen LogP contribution in [0.3, 0.4) is 0 Å². The van der Waals surface area contributed by atoms with Crippen LogP contribution in [0.1, 0.15) is 24.9 Å². The minimum Gasteiger partial charge on any atom is -0.493 e. The van der Waals surface area contributed by atoms with Crippen LogP contribution in [-0.4, -0.2) is 18.6 Å². The summed E-state index contributed by atoms with van der Waals surface area (Å²) >= 11 is 0. The molecule has 0 aliphatic carbocycles. The van der Waals surface area contributed by atoms with Gasteiger partial charge in [-0.2, -0.15) is 0 Å². The van der Waals surface area contributed by atoms with E-state index in [4.69, 9.17) is 10.5 Å². The van der Waals surface area contributed by atoms with Gasteiger partial charge >= 0.3 is 0 Å². The van der Waals surface area contributed by atoms with E-state index in [1.807, 2.05) is 24.3 Å². The summed E-state index contributed by atoms with van der Waals surface area (Å²) in [6.45, 7) is 2.31. The molecule has 0 saturated heterocycles. The second-order valence-electron chi connectivity index (χ2n) is 4.02. The van der Waals surface area contributed by atoms with E-state index in [1.165, 1.54) is 0 Å². The molecule has 0 aromatic heterocycles. The lowest BCUT2D eigenvalue weighted by molar-refractivity contribution is -0.122. The summed E-state index contributed by atoms with van der Waals surface area (Å²) in [6, 6.07) is 7.30. The molecule has 0 bridgehead atoms. The Morgan fingerprint density at radius 1 is 1.56 bits per heavy atom. The number of carbonyl (C=O) groups is 1. The van der Waals surface area contributed by atoms with E-state index in [9.17, 15) is 4.79 Å². The standard InChI is InChI=1S/C12H16N2O2/c1-8(13)12(15)14-10-6-7-16-11-5-3-2-4-9(10)11/h2-5,8,10H,6-7,13H2,1H3,(H,14,15). The number of para-hydroxylation sites is 1. The highest BCUT2D eigenvalue weighted by Gasteiger charge is 2.23. The molecule has 0 spiro atoms. The minimum absolute atomic E-state index is 0.0171. The minimum atomic E-state index is -0.477. The van der Waals surface area contributed by atoms with Crippen LogP contribution in [0.15, 0.2) is 24.3 Å². The Labute approximate surface area is 94.8 Å². The monoisotopic (exact) mass is 220 g/mol. The zero-order chi connectivity index (χ0) is 11.5. The fourth-order valence-electron chi connectivity index (χ4n) is 1.80. The van der Waals surface area contributed by atoms with E-state index >= 15 is 0 Å². The summed E-state index contributed by atoms with van der Waals surface area (Å²) in [5.41, 5.74) is 6.56. The third-order valence-electron chi connectivity index (χ3n) is 2.69. The second-order valence-corrected chi connectivity index (χ2v) is 4.02. The van der Waals surface area contributed by atoms with Crippen LogP contribution in [-0.2, 0) is 4.79 Å². The van der Waals surface area contributed by atoms with Crippen LogP contribution < -0.4 is 15.8 Å². The van der Waals surface area contributed by atoms with Crippen molar-refractivity contribution in [1.29, 1.82) is 0 Å². The summed E-state index contributed by atoms with van der Waals surface area (Å²) in [5.74, 6) is 0.727. The smallest absolute Gasteiger partial charge is 0.237 e. The van der Waals surface area contributed by atoms with E-state index in [-0.39, 0.29) is 11.9 Å². The Morgan fingerprint density at radius 2 is 2.31 bits per heavy atom. The van der Waals surface area contributed by atoms with Crippen LogP contribution in [0.2, 0.25) is 0 Å². The third-order valence-corrected chi connectivity index (χ3v) is 2.69. The van der Waals surface area contributed by atoms with Gasteiger partial charge in [0, 0.05) is 12.0 Å². The number of hydrogen-bond acceptors (Lipinski definition) is 3. The molecular weight excluding hydrogens is 204 g/mol. The molecular formula is C12H16N2O2. The zero-order valence-electron chi connectivity index (χ0n) is 9.27. The predicted octanol–water partition coefficient (Wildman–Crippen LogP) is 0.974. The average Bonchev–Trinajstić information content (AvgIpc) is 2.29. The number of rotatable bonds is 2. The van der Waals surface area contributed by atoms with Gasteiger partial charge in [-0.05, 0) is 13.0 Å². The lowest BCUT2D eigenvalue weighted by atomic mass is 10.0. The predicted molar refractivity (Wildman–Crippen MR) is 61.1 cm³/mol. The molecule has 2 atom stereocenters. The van der Waals surface area contributed by atoms with E-state index in [0.29, 0.717) is 6.61 Å². The molecule has 86 valence electrons. The molecule has 16 heavy (non-hydrogen) atoms. The maximum atomic E-state index is 11.5. The molecule has 0 fully saturated rings. The summed E-state index contributed by atoms with van der Waals surface area (Å²) in [6.07, 6.45) is 0.787. The number of benzene rings is 1. The molecule has 4 nitrogen and oxygen atoms in total. The molecule has 1 aromatic carbocycles. The maximum Gasteiger partial charge on any atom is 0.237 e. The van der Waals surface area contributed by atoms with Crippen LogP contribution in [0.25, 0.3) is 0 Å². The topological polar surface area (TPSA) is 64.4 Å². The molecule has 1 aliphatic heterocycles. The van der Waals surface area contributed by atoms with Crippen molar-refractivity contribution in [3.8, 4) is 5.75 Å². The summed E-state index contributed by atoms with van der Waals surface area (Å²) in [4.78, 5) is 11.5. The highest BCUT2D eigenvalue weighted by molar-refractivity contribution is 5.81. The Bertz CT molecular complexity index is 390. The Hall–Kier alpha value is -1.55. The number of hydrogen-bond donors (Lipinski definition) is 2. The molecule has 1 amide bonds. The molecule has 2 rings (SSSR count). The van der Waals surface area contributed by atoms with Gasteiger partial charge in [-0.25, -0.2) is 0 Å². The zero-order valence-corrected chi connectivity index (χ0v) is 9.27. The molecule has 1 aromatic rings. The van der Waals surface area contributed by atoms with Crippen molar-refractivity contribution in [3.05, 3.63) is 29.8 Å².